The molecule has 1 aromatic rings. The third kappa shape index (κ3) is 2.17. The number of methoxy groups -OCH3 is 2. The fourth-order valence-electron chi connectivity index (χ4n) is 1.40. The fourth-order valence-corrected chi connectivity index (χ4v) is 1.40. The van der Waals surface area contributed by atoms with E-state index >= 15 is 0 Å². The molecule has 0 aliphatic rings. The highest BCUT2D eigenvalue weighted by Crippen LogP contribution is 2.29. The molecule has 0 bridgehead atoms. The summed E-state index contributed by atoms with van der Waals surface area (Å²) >= 11 is 0. The highest BCUT2D eigenvalue weighted by atomic mass is 16.5. The molecule has 0 unspecified atom stereocenters. The summed E-state index contributed by atoms with van der Waals surface area (Å²) in [6.45, 7) is 2.90. The van der Waals surface area contributed by atoms with Crippen LogP contribution in [0.1, 0.15) is 11.1 Å². The number of nitrogens with one attached hydrogen (secondary N) is 1. The number of aryl methyl sites for hydroxylation is 1. The lowest BCUT2D eigenvalue weighted by Crippen LogP contribution is -2.07. The summed E-state index contributed by atoms with van der Waals surface area (Å²) in [5, 5.41) is 3.12. The normalized spacial score (nSPS) is 10.0. The van der Waals surface area contributed by atoms with Gasteiger partial charge < -0.3 is 14.8 Å². The lowest BCUT2D eigenvalue weighted by atomic mass is 10.1. The molecule has 0 spiro atoms. The largest absolute Gasteiger partial charge is 0.493 e. The number of hydrogen-bond donors (Lipinski definition) is 1. The van der Waals surface area contributed by atoms with Crippen molar-refractivity contribution in [2.75, 3.05) is 21.3 Å². The summed E-state index contributed by atoms with van der Waals surface area (Å²) in [5.74, 6) is 1.56. The van der Waals surface area contributed by atoms with E-state index in [0.29, 0.717) is 0 Å². The zero-order valence-corrected chi connectivity index (χ0v) is 9.18. The van der Waals surface area contributed by atoms with E-state index in [4.69, 9.17) is 9.47 Å². The van der Waals surface area contributed by atoms with Gasteiger partial charge >= 0.3 is 0 Å². The van der Waals surface area contributed by atoms with Crippen molar-refractivity contribution in [3.05, 3.63) is 23.3 Å². The third-order valence-corrected chi connectivity index (χ3v) is 2.21. The SMILES string of the molecule is CNCc1cc(OC)c(OC)cc1C. The van der Waals surface area contributed by atoms with Gasteiger partial charge in [0.25, 0.3) is 0 Å². The lowest BCUT2D eigenvalue weighted by Gasteiger charge is -2.12. The molecule has 0 saturated carbocycles. The summed E-state index contributed by atoms with van der Waals surface area (Å²) in [6.07, 6.45) is 0. The standard InChI is InChI=1S/C11H17NO2/c1-8-5-10(13-3)11(14-4)6-9(8)7-12-2/h5-6,12H,7H2,1-4H3. The quantitative estimate of drug-likeness (QED) is 0.793. The van der Waals surface area contributed by atoms with Gasteiger partial charge in [-0.3, -0.25) is 0 Å². The first kappa shape index (κ1) is 10.9. The predicted octanol–water partition coefficient (Wildman–Crippen LogP) is 1.73. The average Bonchev–Trinajstić information content (AvgIpc) is 2.20. The molecule has 0 fully saturated rings. The molecule has 0 aliphatic heterocycles. The van der Waals surface area contributed by atoms with Crippen molar-refractivity contribution in [1.82, 2.24) is 5.32 Å². The highest BCUT2D eigenvalue weighted by Gasteiger charge is 2.07. The van der Waals surface area contributed by atoms with Crippen molar-refractivity contribution in [3.63, 3.8) is 0 Å². The zero-order valence-electron chi connectivity index (χ0n) is 9.18. The Bertz CT molecular complexity index is 310. The Morgan fingerprint density at radius 1 is 1.14 bits per heavy atom. The van der Waals surface area contributed by atoms with Gasteiger partial charge in [-0.15, -0.1) is 0 Å². The van der Waals surface area contributed by atoms with E-state index in [2.05, 4.69) is 12.2 Å². The van der Waals surface area contributed by atoms with Crippen molar-refractivity contribution in [1.29, 1.82) is 0 Å². The fraction of sp³-hybridized carbons (Fsp3) is 0.455. The number of benzene rings is 1. The van der Waals surface area contributed by atoms with Gasteiger partial charge in [0.2, 0.25) is 0 Å². The van der Waals surface area contributed by atoms with Crippen molar-refractivity contribution in [3.8, 4) is 11.5 Å². The molecule has 78 valence electrons. The Hall–Kier alpha value is -1.22. The molecule has 3 heteroatoms. The van der Waals surface area contributed by atoms with Crippen molar-refractivity contribution in [2.24, 2.45) is 0 Å². The van der Waals surface area contributed by atoms with Crippen molar-refractivity contribution < 1.29 is 9.47 Å². The topological polar surface area (TPSA) is 30.5 Å². The minimum absolute atomic E-state index is 0.781. The molecule has 0 atom stereocenters. The second kappa shape index (κ2) is 4.86. The molecule has 0 saturated heterocycles. The first-order valence-electron chi connectivity index (χ1n) is 4.59. The van der Waals surface area contributed by atoms with E-state index in [9.17, 15) is 0 Å². The first-order valence-corrected chi connectivity index (χ1v) is 4.59. The van der Waals surface area contributed by atoms with E-state index in [0.717, 1.165) is 18.0 Å². The van der Waals surface area contributed by atoms with Gasteiger partial charge in [0.15, 0.2) is 11.5 Å². The van der Waals surface area contributed by atoms with Crippen LogP contribution in [-0.4, -0.2) is 21.3 Å². The van der Waals surface area contributed by atoms with Crippen LogP contribution in [0.15, 0.2) is 12.1 Å². The van der Waals surface area contributed by atoms with E-state index in [-0.39, 0.29) is 0 Å². The minimum Gasteiger partial charge on any atom is -0.493 e. The third-order valence-electron chi connectivity index (χ3n) is 2.21. The average molecular weight is 195 g/mol. The Morgan fingerprint density at radius 3 is 2.21 bits per heavy atom. The monoisotopic (exact) mass is 195 g/mol. The Balaban J connectivity index is 3.09. The molecule has 0 radical (unpaired) electrons. The lowest BCUT2D eigenvalue weighted by molar-refractivity contribution is 0.354. The van der Waals surface area contributed by atoms with Gasteiger partial charge in [0, 0.05) is 6.54 Å². The van der Waals surface area contributed by atoms with Gasteiger partial charge in [0.1, 0.15) is 0 Å². The molecule has 0 amide bonds. The molecular weight excluding hydrogens is 178 g/mol. The smallest absolute Gasteiger partial charge is 0.161 e. The van der Waals surface area contributed by atoms with Crippen LogP contribution in [0.4, 0.5) is 0 Å². The number of hydrogen-bond acceptors (Lipinski definition) is 3. The van der Waals surface area contributed by atoms with Crippen LogP contribution in [0.3, 0.4) is 0 Å². The number of rotatable bonds is 4. The van der Waals surface area contributed by atoms with Crippen LogP contribution in [0.2, 0.25) is 0 Å². The predicted molar refractivity (Wildman–Crippen MR) is 57.0 cm³/mol. The van der Waals surface area contributed by atoms with Gasteiger partial charge in [-0.2, -0.15) is 0 Å². The Labute approximate surface area is 85.0 Å². The maximum atomic E-state index is 5.23. The summed E-state index contributed by atoms with van der Waals surface area (Å²) in [5.41, 5.74) is 2.43. The van der Waals surface area contributed by atoms with Crippen LogP contribution < -0.4 is 14.8 Å². The minimum atomic E-state index is 0.781. The number of ether oxygens (including phenoxy) is 2. The summed E-state index contributed by atoms with van der Waals surface area (Å²) in [6, 6.07) is 4.00. The van der Waals surface area contributed by atoms with E-state index < -0.39 is 0 Å². The molecule has 1 rings (SSSR count). The van der Waals surface area contributed by atoms with Crippen molar-refractivity contribution in [2.45, 2.75) is 13.5 Å². The van der Waals surface area contributed by atoms with Gasteiger partial charge in [0.05, 0.1) is 14.2 Å². The van der Waals surface area contributed by atoms with Gasteiger partial charge in [-0.05, 0) is 37.2 Å². The summed E-state index contributed by atoms with van der Waals surface area (Å²) in [7, 11) is 5.22. The van der Waals surface area contributed by atoms with Crippen LogP contribution in [0, 0.1) is 6.92 Å². The van der Waals surface area contributed by atoms with Crippen molar-refractivity contribution >= 4 is 0 Å². The molecule has 3 nitrogen and oxygen atoms in total. The van der Waals surface area contributed by atoms with E-state index in [1.54, 1.807) is 14.2 Å². The van der Waals surface area contributed by atoms with Gasteiger partial charge in [-0.1, -0.05) is 0 Å². The molecular formula is C11H17NO2. The summed E-state index contributed by atoms with van der Waals surface area (Å²) in [4.78, 5) is 0. The Kier molecular flexibility index (Phi) is 3.77. The van der Waals surface area contributed by atoms with E-state index in [1.807, 2.05) is 19.2 Å². The Morgan fingerprint density at radius 2 is 1.71 bits per heavy atom. The second-order valence-electron chi connectivity index (χ2n) is 3.16. The maximum absolute atomic E-state index is 5.23. The van der Waals surface area contributed by atoms with Gasteiger partial charge in [-0.25, -0.2) is 0 Å². The molecule has 0 aromatic heterocycles. The maximum Gasteiger partial charge on any atom is 0.161 e. The van der Waals surface area contributed by atoms with Crippen LogP contribution >= 0.6 is 0 Å². The zero-order chi connectivity index (χ0) is 10.6. The second-order valence-corrected chi connectivity index (χ2v) is 3.16. The molecule has 1 aromatic carbocycles. The van der Waals surface area contributed by atoms with Crippen LogP contribution in [0.25, 0.3) is 0 Å². The highest BCUT2D eigenvalue weighted by molar-refractivity contribution is 5.46. The molecule has 1 N–H and O–H groups in total. The molecule has 14 heavy (non-hydrogen) atoms. The van der Waals surface area contributed by atoms with Crippen LogP contribution in [-0.2, 0) is 6.54 Å². The molecule has 0 aliphatic carbocycles. The van der Waals surface area contributed by atoms with Crippen LogP contribution in [0.5, 0.6) is 11.5 Å². The first-order chi connectivity index (χ1) is 6.72. The summed E-state index contributed by atoms with van der Waals surface area (Å²) < 4.78 is 10.4. The van der Waals surface area contributed by atoms with E-state index in [1.165, 1.54) is 11.1 Å². The molecule has 0 heterocycles.